The lowest BCUT2D eigenvalue weighted by molar-refractivity contribution is -0.125. The van der Waals surface area contributed by atoms with Crippen LogP contribution in [0.2, 0.25) is 10.2 Å². The Morgan fingerprint density at radius 2 is 1.76 bits per heavy atom. The van der Waals surface area contributed by atoms with Crippen LogP contribution in [0.5, 0.6) is 0 Å². The van der Waals surface area contributed by atoms with Crippen molar-refractivity contribution in [3.05, 3.63) is 57.6 Å². The number of halogens is 3. The molecule has 3 fully saturated rings. The molecule has 2 aliphatic heterocycles. The van der Waals surface area contributed by atoms with E-state index in [2.05, 4.69) is 34.8 Å². The summed E-state index contributed by atoms with van der Waals surface area (Å²) in [7, 11) is 0. The molecule has 0 bridgehead atoms. The first-order valence-corrected chi connectivity index (χ1v) is 15.4. The van der Waals surface area contributed by atoms with Crippen LogP contribution in [0.15, 0.2) is 30.5 Å². The molecule has 42 heavy (non-hydrogen) atoms. The molecule has 224 valence electrons. The summed E-state index contributed by atoms with van der Waals surface area (Å²) in [4.78, 5) is 44.4. The number of benzene rings is 1. The van der Waals surface area contributed by atoms with Crippen LogP contribution >= 0.6 is 23.2 Å². The number of nitrogens with zero attached hydrogens (tertiary/aromatic N) is 1. The number of hydrogen-bond donors (Lipinski definition) is 4. The molecule has 6 rings (SSSR count). The number of fused-ring (bicyclic) bond motifs is 3. The molecule has 1 aromatic heterocycles. The molecule has 11 heteroatoms. The van der Waals surface area contributed by atoms with Crippen LogP contribution in [-0.4, -0.2) is 40.3 Å². The number of nitrogens with one attached hydrogen (secondary N) is 3. The van der Waals surface area contributed by atoms with Gasteiger partial charge in [0.2, 0.25) is 17.7 Å². The van der Waals surface area contributed by atoms with Crippen LogP contribution in [0, 0.1) is 17.2 Å². The molecule has 8 nitrogen and oxygen atoms in total. The fourth-order valence-corrected chi connectivity index (χ4v) is 8.48. The summed E-state index contributed by atoms with van der Waals surface area (Å²) in [6.45, 7) is 4.41. The monoisotopic (exact) mass is 615 g/mol. The molecule has 2 aromatic rings. The third kappa shape index (κ3) is 4.50. The van der Waals surface area contributed by atoms with Gasteiger partial charge in [-0.25, -0.2) is 9.37 Å². The number of primary amides is 1. The average molecular weight is 617 g/mol. The van der Waals surface area contributed by atoms with E-state index in [4.69, 9.17) is 28.9 Å². The van der Waals surface area contributed by atoms with E-state index in [0.29, 0.717) is 54.8 Å². The van der Waals surface area contributed by atoms with Gasteiger partial charge in [-0.2, -0.15) is 0 Å². The molecule has 1 aromatic carbocycles. The van der Waals surface area contributed by atoms with Crippen molar-refractivity contribution < 1.29 is 18.8 Å². The lowest BCUT2D eigenvalue weighted by atomic mass is 9.53. The van der Waals surface area contributed by atoms with Crippen LogP contribution < -0.4 is 21.7 Å². The maximum absolute atomic E-state index is 16.0. The van der Waals surface area contributed by atoms with E-state index in [-0.39, 0.29) is 45.8 Å². The number of hydrogen-bond acceptors (Lipinski definition) is 5. The van der Waals surface area contributed by atoms with Gasteiger partial charge in [-0.15, -0.1) is 0 Å². The minimum atomic E-state index is -1.32. The van der Waals surface area contributed by atoms with Gasteiger partial charge in [-0.05, 0) is 86.1 Å². The van der Waals surface area contributed by atoms with Gasteiger partial charge < -0.3 is 16.4 Å². The first kappa shape index (κ1) is 29.3. The molecule has 0 unspecified atom stereocenters. The third-order valence-corrected chi connectivity index (χ3v) is 10.9. The summed E-state index contributed by atoms with van der Waals surface area (Å²) in [5.74, 6) is -2.80. The standard InChI is InChI=1S/C31H36Cl2FN5O3/c1-29(2)10-12-30(13-11-29)31(20-8-5-17(32)15-21(20)38-28(31)42)22(19-9-14-36-25(33)23(19)34)24(39-30)27(41)37-18-6-3-16(4-7-18)26(35)40/h5,8-9,14-16,18,22,24,39H,3-4,6-7,10-13H2,1-2H3,(H2,35,40)(H,37,41)(H,38,42)/t16-,18-,22-,24+,31+/m0/s1. The van der Waals surface area contributed by atoms with Crippen molar-refractivity contribution >= 4 is 46.6 Å². The number of carbonyl (C=O) groups excluding carboxylic acids is 3. The predicted molar refractivity (Wildman–Crippen MR) is 159 cm³/mol. The lowest BCUT2D eigenvalue weighted by Gasteiger charge is -2.50. The second-order valence-corrected chi connectivity index (χ2v) is 14.1. The van der Waals surface area contributed by atoms with Gasteiger partial charge in [0.05, 0.1) is 6.04 Å². The van der Waals surface area contributed by atoms with Crippen LogP contribution in [-0.2, 0) is 19.8 Å². The molecule has 3 amide bonds. The minimum absolute atomic E-state index is 0.0478. The second-order valence-electron chi connectivity index (χ2n) is 13.3. The average Bonchev–Trinajstić information content (AvgIpc) is 3.40. The Hall–Kier alpha value is -2.75. The first-order chi connectivity index (χ1) is 19.9. The second kappa shape index (κ2) is 10.5. The number of aromatic nitrogens is 1. The summed E-state index contributed by atoms with van der Waals surface area (Å²) >= 11 is 12.6. The highest BCUT2D eigenvalue weighted by Gasteiger charge is 2.73. The Balaban J connectivity index is 1.49. The number of nitrogens with two attached hydrogens (primary N) is 1. The number of carbonyl (C=O) groups is 3. The van der Waals surface area contributed by atoms with Crippen molar-refractivity contribution in [2.75, 3.05) is 5.32 Å². The molecule has 1 saturated heterocycles. The largest absolute Gasteiger partial charge is 0.369 e. The molecule has 3 atom stereocenters. The van der Waals surface area contributed by atoms with Gasteiger partial charge in [-0.3, -0.25) is 19.7 Å². The molecule has 5 N–H and O–H groups in total. The van der Waals surface area contributed by atoms with Gasteiger partial charge in [0.25, 0.3) is 0 Å². The molecule has 2 saturated carbocycles. The molecular formula is C31H36Cl2FN5O3. The summed E-state index contributed by atoms with van der Waals surface area (Å²) in [5.41, 5.74) is 4.82. The van der Waals surface area contributed by atoms with Crippen molar-refractivity contribution in [1.82, 2.24) is 15.6 Å². The van der Waals surface area contributed by atoms with Crippen LogP contribution in [0.4, 0.5) is 10.1 Å². The van der Waals surface area contributed by atoms with Gasteiger partial charge >= 0.3 is 0 Å². The summed E-state index contributed by atoms with van der Waals surface area (Å²) in [6, 6.07) is 5.70. The zero-order chi connectivity index (χ0) is 30.0. The van der Waals surface area contributed by atoms with Gasteiger partial charge in [0.15, 0.2) is 11.0 Å². The van der Waals surface area contributed by atoms with E-state index in [1.54, 1.807) is 12.1 Å². The number of anilines is 1. The predicted octanol–water partition coefficient (Wildman–Crippen LogP) is 4.97. The van der Waals surface area contributed by atoms with E-state index < -0.39 is 28.7 Å². The van der Waals surface area contributed by atoms with Gasteiger partial charge in [0.1, 0.15) is 5.41 Å². The highest BCUT2D eigenvalue weighted by atomic mass is 35.5. The van der Waals surface area contributed by atoms with Crippen molar-refractivity contribution in [1.29, 1.82) is 0 Å². The van der Waals surface area contributed by atoms with Crippen LogP contribution in [0.1, 0.15) is 82.3 Å². The maximum atomic E-state index is 16.0. The van der Waals surface area contributed by atoms with Crippen LogP contribution in [0.25, 0.3) is 0 Å². The smallest absolute Gasteiger partial charge is 0.238 e. The van der Waals surface area contributed by atoms with E-state index in [1.807, 2.05) is 6.07 Å². The van der Waals surface area contributed by atoms with E-state index >= 15 is 4.39 Å². The maximum Gasteiger partial charge on any atom is 0.238 e. The molecular weight excluding hydrogens is 580 g/mol. The number of amides is 3. The minimum Gasteiger partial charge on any atom is -0.369 e. The lowest BCUT2D eigenvalue weighted by Crippen LogP contribution is -2.61. The topological polar surface area (TPSA) is 126 Å². The fourth-order valence-electron chi connectivity index (χ4n) is 8.14. The Labute approximate surface area is 254 Å². The van der Waals surface area contributed by atoms with Crippen molar-refractivity contribution in [3.63, 3.8) is 0 Å². The van der Waals surface area contributed by atoms with Crippen molar-refractivity contribution in [3.8, 4) is 0 Å². The Morgan fingerprint density at radius 3 is 2.43 bits per heavy atom. The number of pyridine rings is 1. The van der Waals surface area contributed by atoms with Gasteiger partial charge in [0, 0.05) is 40.3 Å². The van der Waals surface area contributed by atoms with E-state index in [0.717, 1.165) is 12.8 Å². The summed E-state index contributed by atoms with van der Waals surface area (Å²) < 4.78 is 16.0. The van der Waals surface area contributed by atoms with Crippen molar-refractivity contribution in [2.45, 2.75) is 94.2 Å². The van der Waals surface area contributed by atoms with E-state index in [9.17, 15) is 14.4 Å². The van der Waals surface area contributed by atoms with E-state index in [1.165, 1.54) is 12.3 Å². The van der Waals surface area contributed by atoms with Crippen molar-refractivity contribution in [2.24, 2.45) is 17.1 Å². The Kier molecular flexibility index (Phi) is 7.30. The Bertz CT molecular complexity index is 1450. The highest BCUT2D eigenvalue weighted by molar-refractivity contribution is 6.31. The molecule has 2 aliphatic carbocycles. The van der Waals surface area contributed by atoms with Crippen LogP contribution in [0.3, 0.4) is 0 Å². The normalized spacial score (nSPS) is 31.1. The summed E-state index contributed by atoms with van der Waals surface area (Å²) in [6.07, 6.45) is 6.67. The zero-order valence-corrected chi connectivity index (χ0v) is 25.2. The summed E-state index contributed by atoms with van der Waals surface area (Å²) in [5, 5.41) is 10.0. The molecule has 2 spiro atoms. The first-order valence-electron chi connectivity index (χ1n) is 14.7. The zero-order valence-electron chi connectivity index (χ0n) is 23.7. The quantitative estimate of drug-likeness (QED) is 0.361. The SMILES string of the molecule is CC1(C)CCC2(CC1)N[C@@H](C(=O)N[C@H]1CC[C@H](C(N)=O)CC1)[C@H](c1ccnc(Cl)c1F)[C@]21C(=O)Nc2cc(Cl)ccc21. The third-order valence-electron chi connectivity index (χ3n) is 10.4. The highest BCUT2D eigenvalue weighted by Crippen LogP contribution is 2.64. The molecule has 3 heterocycles. The fraction of sp³-hybridized carbons (Fsp3) is 0.548. The van der Waals surface area contributed by atoms with Gasteiger partial charge in [-0.1, -0.05) is 43.1 Å². The number of rotatable bonds is 4. The molecule has 0 radical (unpaired) electrons. The molecule has 4 aliphatic rings. The Morgan fingerprint density at radius 1 is 1.07 bits per heavy atom.